The Bertz CT molecular complexity index is 217. The van der Waals surface area contributed by atoms with Gasteiger partial charge in [0.1, 0.15) is 0 Å². The number of thioether (sulfide) groups is 1. The molecule has 2 rings (SSSR count). The van der Waals surface area contributed by atoms with Crippen molar-refractivity contribution in [1.29, 1.82) is 0 Å². The summed E-state index contributed by atoms with van der Waals surface area (Å²) in [5, 5.41) is 2.28. The number of nitrogens with zero attached hydrogens (tertiary/aromatic N) is 1. The molecule has 2 aliphatic heterocycles. The molecule has 0 aromatic rings. The molecule has 0 bridgehead atoms. The van der Waals surface area contributed by atoms with Gasteiger partial charge in [-0.25, -0.2) is 0 Å². The van der Waals surface area contributed by atoms with Crippen LogP contribution in [0.2, 0.25) is 0 Å². The van der Waals surface area contributed by atoms with Crippen molar-refractivity contribution in [2.45, 2.75) is 11.8 Å². The molecule has 0 spiro atoms. The molecule has 9 heavy (non-hydrogen) atoms. The molecule has 1 saturated heterocycles. The molecule has 3 heteroatoms. The summed E-state index contributed by atoms with van der Waals surface area (Å²) in [4.78, 5) is 12.4. The Labute approximate surface area is 57.2 Å². The summed E-state index contributed by atoms with van der Waals surface area (Å²) in [7, 11) is 0. The van der Waals surface area contributed by atoms with Crippen LogP contribution in [-0.2, 0) is 4.79 Å². The quantitative estimate of drug-likeness (QED) is 0.367. The lowest BCUT2D eigenvalue weighted by molar-refractivity contribution is -0.137. The minimum Gasteiger partial charge on any atom is -0.298 e. The zero-order chi connectivity index (χ0) is 6.27. The maximum Gasteiger partial charge on any atom is 0.230 e. The third-order valence-corrected chi connectivity index (χ3v) is 2.43. The largest absolute Gasteiger partial charge is 0.298 e. The maximum absolute atomic E-state index is 10.7. The van der Waals surface area contributed by atoms with Gasteiger partial charge in [-0.2, -0.15) is 0 Å². The van der Waals surface area contributed by atoms with Crippen LogP contribution in [0, 0.1) is 0 Å². The zero-order valence-corrected chi connectivity index (χ0v) is 5.52. The van der Waals surface area contributed by atoms with E-state index in [4.69, 9.17) is 0 Å². The van der Waals surface area contributed by atoms with Crippen molar-refractivity contribution < 1.29 is 4.79 Å². The van der Waals surface area contributed by atoms with Crippen molar-refractivity contribution >= 4 is 17.7 Å². The van der Waals surface area contributed by atoms with Gasteiger partial charge in [0.15, 0.2) is 0 Å². The second-order valence-electron chi connectivity index (χ2n) is 2.01. The molecule has 0 N–H and O–H groups in total. The highest BCUT2D eigenvalue weighted by molar-refractivity contribution is 8.02. The number of carbonyl (C=O) groups excluding carboxylic acids is 1. The average Bonchev–Trinajstić information content (AvgIpc) is 1.86. The molecule has 1 fully saturated rings. The van der Waals surface area contributed by atoms with Crippen LogP contribution < -0.4 is 0 Å². The van der Waals surface area contributed by atoms with Crippen LogP contribution in [0.5, 0.6) is 0 Å². The Hall–Kier alpha value is -0.660. The van der Waals surface area contributed by atoms with Gasteiger partial charge in [-0.15, -0.1) is 0 Å². The number of fused-ring (bicyclic) bond motifs is 1. The van der Waals surface area contributed by atoms with Crippen LogP contribution in [0.25, 0.3) is 0 Å². The third kappa shape index (κ3) is 0.622. The van der Waals surface area contributed by atoms with Crippen LogP contribution in [-0.4, -0.2) is 16.2 Å². The van der Waals surface area contributed by atoms with Crippen LogP contribution in [0.1, 0.15) is 6.42 Å². The third-order valence-electron chi connectivity index (χ3n) is 1.45. The summed E-state index contributed by atoms with van der Waals surface area (Å²) in [6, 6.07) is 0. The van der Waals surface area contributed by atoms with E-state index < -0.39 is 0 Å². The lowest BCUT2D eigenvalue weighted by Crippen LogP contribution is -2.47. The topological polar surface area (TPSA) is 20.3 Å². The lowest BCUT2D eigenvalue weighted by atomic mass is 10.2. The van der Waals surface area contributed by atoms with Gasteiger partial charge in [0, 0.05) is 5.41 Å². The Morgan fingerprint density at radius 2 is 2.78 bits per heavy atom. The van der Waals surface area contributed by atoms with Crippen LogP contribution in [0.4, 0.5) is 0 Å². The van der Waals surface area contributed by atoms with Gasteiger partial charge in [-0.1, -0.05) is 17.5 Å². The molecule has 0 aromatic heterocycles. The molecule has 0 aromatic carbocycles. The monoisotopic (exact) mass is 139 g/mol. The minimum absolute atomic E-state index is 0.216. The first-order valence-corrected chi connectivity index (χ1v) is 3.70. The van der Waals surface area contributed by atoms with Crippen molar-refractivity contribution in [2.24, 2.45) is 0 Å². The molecule has 0 aliphatic carbocycles. The highest BCUT2D eigenvalue weighted by Gasteiger charge is 2.35. The van der Waals surface area contributed by atoms with Gasteiger partial charge in [0.2, 0.25) is 5.91 Å². The maximum atomic E-state index is 10.7. The van der Waals surface area contributed by atoms with Gasteiger partial charge in [0.25, 0.3) is 0 Å². The van der Waals surface area contributed by atoms with Crippen molar-refractivity contribution in [2.75, 3.05) is 0 Å². The van der Waals surface area contributed by atoms with Crippen molar-refractivity contribution in [3.63, 3.8) is 0 Å². The number of hydrogen-bond donors (Lipinski definition) is 0. The second kappa shape index (κ2) is 1.66. The molecule has 2 aliphatic rings. The number of rotatable bonds is 0. The number of β-lactam (4-membered cyclic amide) rings is 1. The van der Waals surface area contributed by atoms with Crippen LogP contribution in [0.15, 0.2) is 17.3 Å². The van der Waals surface area contributed by atoms with E-state index in [2.05, 4.69) is 5.73 Å². The molecule has 0 unspecified atom stereocenters. The van der Waals surface area contributed by atoms with E-state index in [1.54, 1.807) is 22.9 Å². The SMILES string of the molecule is O=C1C[C@@H]2SC=C=CN12. The highest BCUT2D eigenvalue weighted by atomic mass is 32.2. The molecule has 0 saturated carbocycles. The van der Waals surface area contributed by atoms with E-state index in [0.29, 0.717) is 11.8 Å². The first kappa shape index (κ1) is 5.15. The van der Waals surface area contributed by atoms with Gasteiger partial charge < -0.3 is 0 Å². The molecule has 2 heterocycles. The van der Waals surface area contributed by atoms with Gasteiger partial charge in [0.05, 0.1) is 18.0 Å². The molecule has 1 atom stereocenters. The van der Waals surface area contributed by atoms with Gasteiger partial charge in [-0.3, -0.25) is 9.69 Å². The summed E-state index contributed by atoms with van der Waals surface area (Å²) < 4.78 is 0. The summed E-state index contributed by atoms with van der Waals surface area (Å²) in [6.07, 6.45) is 2.41. The smallest absolute Gasteiger partial charge is 0.230 e. The Balaban J connectivity index is 2.26. The summed E-state index contributed by atoms with van der Waals surface area (Å²) >= 11 is 1.65. The van der Waals surface area contributed by atoms with Crippen molar-refractivity contribution in [1.82, 2.24) is 4.90 Å². The fourth-order valence-corrected chi connectivity index (χ4v) is 1.74. The standard InChI is InChI=1S/C6H5NOS/c8-5-4-6-7(5)2-1-3-9-6/h2-3,6H,4H2/t6-/m0/s1. The fourth-order valence-electron chi connectivity index (χ4n) is 0.899. The summed E-state index contributed by atoms with van der Waals surface area (Å²) in [5.74, 6) is 0.216. The van der Waals surface area contributed by atoms with Crippen LogP contribution in [0.3, 0.4) is 0 Å². The first-order valence-electron chi connectivity index (χ1n) is 2.75. The molecular weight excluding hydrogens is 134 g/mol. The minimum atomic E-state index is 0.216. The fraction of sp³-hybridized carbons (Fsp3) is 0.333. The number of carbonyl (C=O) groups is 1. The van der Waals surface area contributed by atoms with E-state index in [0.717, 1.165) is 0 Å². The first-order chi connectivity index (χ1) is 4.38. The van der Waals surface area contributed by atoms with Crippen LogP contribution >= 0.6 is 11.8 Å². The molecule has 0 radical (unpaired) electrons. The molecule has 1 amide bonds. The Kier molecular flexibility index (Phi) is 0.949. The van der Waals surface area contributed by atoms with Crippen molar-refractivity contribution in [3.8, 4) is 0 Å². The average molecular weight is 139 g/mol. The lowest BCUT2D eigenvalue weighted by Gasteiger charge is -2.36. The van der Waals surface area contributed by atoms with Gasteiger partial charge in [-0.05, 0) is 0 Å². The number of hydrogen-bond acceptors (Lipinski definition) is 2. The number of amides is 1. The molecule has 2 nitrogen and oxygen atoms in total. The van der Waals surface area contributed by atoms with E-state index in [1.807, 2.05) is 5.41 Å². The van der Waals surface area contributed by atoms with E-state index in [1.165, 1.54) is 0 Å². The summed E-state index contributed by atoms with van der Waals surface area (Å²) in [6.45, 7) is 0. The molecule has 46 valence electrons. The predicted molar refractivity (Wildman–Crippen MR) is 35.5 cm³/mol. The predicted octanol–water partition coefficient (Wildman–Crippen LogP) is 0.918. The zero-order valence-electron chi connectivity index (χ0n) is 4.70. The highest BCUT2D eigenvalue weighted by Crippen LogP contribution is 2.32. The van der Waals surface area contributed by atoms with E-state index >= 15 is 0 Å². The van der Waals surface area contributed by atoms with Crippen molar-refractivity contribution in [3.05, 3.63) is 17.3 Å². The van der Waals surface area contributed by atoms with E-state index in [9.17, 15) is 4.79 Å². The Morgan fingerprint density at radius 3 is 3.33 bits per heavy atom. The Morgan fingerprint density at radius 1 is 1.89 bits per heavy atom. The van der Waals surface area contributed by atoms with E-state index in [-0.39, 0.29) is 5.91 Å². The summed E-state index contributed by atoms with van der Waals surface area (Å²) in [5.41, 5.74) is 2.86. The molecular formula is C6H5NOS. The normalized spacial score (nSPS) is 30.0. The van der Waals surface area contributed by atoms with Gasteiger partial charge >= 0.3 is 0 Å². The second-order valence-corrected chi connectivity index (χ2v) is 3.06.